The Morgan fingerprint density at radius 3 is 2.58 bits per heavy atom. The maximum Gasteiger partial charge on any atom is 0.256 e. The second kappa shape index (κ2) is 10.1. The molecule has 0 saturated heterocycles. The van der Waals surface area contributed by atoms with Crippen molar-refractivity contribution in [2.75, 3.05) is 5.32 Å². The molecule has 7 heteroatoms. The summed E-state index contributed by atoms with van der Waals surface area (Å²) >= 11 is 0. The first kappa shape index (κ1) is 23.4. The van der Waals surface area contributed by atoms with Crippen molar-refractivity contribution in [3.8, 4) is 11.1 Å². The topological polar surface area (TPSA) is 93.1 Å². The lowest BCUT2D eigenvalue weighted by molar-refractivity contribution is -0.121. The lowest BCUT2D eigenvalue weighted by atomic mass is 9.97. The van der Waals surface area contributed by atoms with Crippen molar-refractivity contribution in [1.29, 1.82) is 0 Å². The molecule has 4 aromatic rings. The minimum atomic E-state index is -0.391. The highest BCUT2D eigenvalue weighted by Gasteiger charge is 2.28. The quantitative estimate of drug-likeness (QED) is 0.355. The van der Waals surface area contributed by atoms with Crippen LogP contribution in [0.4, 0.5) is 5.69 Å². The molecule has 1 atom stereocenters. The van der Waals surface area contributed by atoms with Gasteiger partial charge in [-0.05, 0) is 46.5 Å². The summed E-state index contributed by atoms with van der Waals surface area (Å²) < 4.78 is 1.61. The second-order valence-corrected chi connectivity index (χ2v) is 8.75. The molecule has 1 aliphatic rings. The Balaban J connectivity index is 1.33. The molecule has 1 aromatic heterocycles. The van der Waals surface area contributed by atoms with Gasteiger partial charge in [-0.25, -0.2) is 0 Å². The Morgan fingerprint density at radius 1 is 1.03 bits per heavy atom. The summed E-state index contributed by atoms with van der Waals surface area (Å²) in [6, 6.07) is 21.8. The van der Waals surface area contributed by atoms with Crippen LogP contribution >= 0.6 is 0 Å². The Kier molecular flexibility index (Phi) is 6.56. The molecule has 1 aliphatic heterocycles. The number of Topliss-reactive ketones (excluding diaryl/α,β-unsaturated/α-hetero) is 2. The summed E-state index contributed by atoms with van der Waals surface area (Å²) in [6.07, 6.45) is 3.87. The Bertz CT molecular complexity index is 1430. The summed E-state index contributed by atoms with van der Waals surface area (Å²) in [4.78, 5) is 38.0. The van der Waals surface area contributed by atoms with E-state index >= 15 is 0 Å². The van der Waals surface area contributed by atoms with E-state index in [4.69, 9.17) is 0 Å². The van der Waals surface area contributed by atoms with Crippen LogP contribution in [0.15, 0.2) is 85.2 Å². The number of anilines is 1. The van der Waals surface area contributed by atoms with Gasteiger partial charge in [-0.2, -0.15) is 5.10 Å². The van der Waals surface area contributed by atoms with Gasteiger partial charge in [0.25, 0.3) is 5.91 Å². The smallest absolute Gasteiger partial charge is 0.256 e. The molecule has 7 nitrogen and oxygen atoms in total. The first-order chi connectivity index (χ1) is 17.5. The minimum Gasteiger partial charge on any atom is -0.322 e. The number of rotatable bonds is 8. The van der Waals surface area contributed by atoms with Crippen molar-refractivity contribution in [2.24, 2.45) is 0 Å². The highest BCUT2D eigenvalue weighted by atomic mass is 16.2. The van der Waals surface area contributed by atoms with Gasteiger partial charge in [0.1, 0.15) is 6.54 Å². The van der Waals surface area contributed by atoms with Crippen molar-refractivity contribution in [1.82, 2.24) is 15.1 Å². The number of ketones is 2. The number of carbonyl (C=O) groups excluding carboxylic acids is 3. The molecule has 2 heterocycles. The number of fused-ring (bicyclic) bond motifs is 1. The molecule has 36 heavy (non-hydrogen) atoms. The average Bonchev–Trinajstić information content (AvgIpc) is 3.58. The minimum absolute atomic E-state index is 0.0369. The van der Waals surface area contributed by atoms with Gasteiger partial charge in [0.05, 0.1) is 6.04 Å². The van der Waals surface area contributed by atoms with E-state index in [1.165, 1.54) is 0 Å². The van der Waals surface area contributed by atoms with Crippen LogP contribution in [0, 0.1) is 0 Å². The van der Waals surface area contributed by atoms with Gasteiger partial charge in [0.2, 0.25) is 0 Å². The monoisotopic (exact) mass is 478 g/mol. The molecule has 5 rings (SSSR count). The van der Waals surface area contributed by atoms with Crippen molar-refractivity contribution in [3.63, 3.8) is 0 Å². The number of hydrogen-bond acceptors (Lipinski definition) is 5. The zero-order valence-corrected chi connectivity index (χ0v) is 19.9. The molecule has 3 aromatic carbocycles. The van der Waals surface area contributed by atoms with Crippen molar-refractivity contribution in [2.45, 2.75) is 32.5 Å². The molecule has 0 radical (unpaired) electrons. The summed E-state index contributed by atoms with van der Waals surface area (Å²) in [5, 5.41) is 10.4. The summed E-state index contributed by atoms with van der Waals surface area (Å²) in [6.45, 7) is 2.59. The van der Waals surface area contributed by atoms with Crippen LogP contribution in [-0.2, 0) is 17.9 Å². The largest absolute Gasteiger partial charge is 0.322 e. The molecular formula is C29H26N4O3. The number of amides is 1. The van der Waals surface area contributed by atoms with Crippen molar-refractivity contribution >= 4 is 23.2 Å². The van der Waals surface area contributed by atoms with Crippen LogP contribution in [0.3, 0.4) is 0 Å². The zero-order chi connectivity index (χ0) is 25.1. The molecule has 0 aliphatic carbocycles. The fourth-order valence-corrected chi connectivity index (χ4v) is 4.54. The maximum atomic E-state index is 13.2. The highest BCUT2D eigenvalue weighted by Crippen LogP contribution is 2.30. The fraction of sp³-hybridized carbons (Fsp3) is 0.172. The van der Waals surface area contributed by atoms with E-state index in [1.807, 2.05) is 55.5 Å². The third-order valence-electron chi connectivity index (χ3n) is 6.42. The highest BCUT2D eigenvalue weighted by molar-refractivity contribution is 6.09. The van der Waals surface area contributed by atoms with E-state index in [-0.39, 0.29) is 24.0 Å². The van der Waals surface area contributed by atoms with Gasteiger partial charge in [-0.1, -0.05) is 55.5 Å². The van der Waals surface area contributed by atoms with Crippen LogP contribution in [0.1, 0.15) is 51.2 Å². The van der Waals surface area contributed by atoms with Gasteiger partial charge >= 0.3 is 0 Å². The van der Waals surface area contributed by atoms with E-state index in [0.29, 0.717) is 29.8 Å². The number of aromatic nitrogens is 2. The molecule has 1 unspecified atom stereocenters. The molecule has 0 bridgehead atoms. The molecule has 0 spiro atoms. The van der Waals surface area contributed by atoms with E-state index < -0.39 is 6.04 Å². The summed E-state index contributed by atoms with van der Waals surface area (Å²) in [5.41, 5.74) is 5.43. The first-order valence-corrected chi connectivity index (χ1v) is 11.9. The Morgan fingerprint density at radius 2 is 1.83 bits per heavy atom. The van der Waals surface area contributed by atoms with Crippen LogP contribution in [0.5, 0.6) is 0 Å². The predicted molar refractivity (Wildman–Crippen MR) is 138 cm³/mol. The van der Waals surface area contributed by atoms with E-state index in [0.717, 1.165) is 22.3 Å². The first-order valence-electron chi connectivity index (χ1n) is 11.9. The Hall–Kier alpha value is -4.36. The van der Waals surface area contributed by atoms with Crippen LogP contribution < -0.4 is 10.6 Å². The van der Waals surface area contributed by atoms with Gasteiger partial charge < -0.3 is 5.32 Å². The fourth-order valence-electron chi connectivity index (χ4n) is 4.54. The molecular weight excluding hydrogens is 452 g/mol. The second-order valence-electron chi connectivity index (χ2n) is 8.75. The third-order valence-corrected chi connectivity index (χ3v) is 6.42. The van der Waals surface area contributed by atoms with Gasteiger partial charge in [0.15, 0.2) is 11.6 Å². The number of benzene rings is 3. The lowest BCUT2D eigenvalue weighted by Gasteiger charge is -2.13. The van der Waals surface area contributed by atoms with Crippen LogP contribution in [0.2, 0.25) is 0 Å². The van der Waals surface area contributed by atoms with Gasteiger partial charge in [-0.3, -0.25) is 24.4 Å². The SMILES string of the molecule is CCC(=O)c1ccc(-c2ccccc2C(=O)Nc2ccc3c(c2)CNC3C(=O)Cn2cccn2)cc1. The van der Waals surface area contributed by atoms with Crippen molar-refractivity contribution < 1.29 is 14.4 Å². The maximum absolute atomic E-state index is 13.2. The zero-order valence-electron chi connectivity index (χ0n) is 19.9. The van der Waals surface area contributed by atoms with E-state index in [1.54, 1.807) is 41.3 Å². The van der Waals surface area contributed by atoms with E-state index in [2.05, 4.69) is 15.7 Å². The third kappa shape index (κ3) is 4.74. The molecule has 0 saturated carbocycles. The molecule has 1 amide bonds. The molecule has 0 fully saturated rings. The van der Waals surface area contributed by atoms with Gasteiger partial charge in [0, 0.05) is 42.2 Å². The van der Waals surface area contributed by atoms with Crippen LogP contribution in [-0.4, -0.2) is 27.3 Å². The normalized spacial score (nSPS) is 14.3. The van der Waals surface area contributed by atoms with Gasteiger partial charge in [-0.15, -0.1) is 0 Å². The average molecular weight is 479 g/mol. The molecule has 2 N–H and O–H groups in total. The summed E-state index contributed by atoms with van der Waals surface area (Å²) in [5.74, 6) is -0.102. The summed E-state index contributed by atoms with van der Waals surface area (Å²) in [7, 11) is 0. The number of hydrogen-bond donors (Lipinski definition) is 2. The lowest BCUT2D eigenvalue weighted by Crippen LogP contribution is -2.25. The Labute approximate surface area is 209 Å². The predicted octanol–water partition coefficient (Wildman–Crippen LogP) is 4.81. The number of carbonyl (C=O) groups is 3. The number of nitrogens with one attached hydrogen (secondary N) is 2. The van der Waals surface area contributed by atoms with E-state index in [9.17, 15) is 14.4 Å². The van der Waals surface area contributed by atoms with Crippen LogP contribution in [0.25, 0.3) is 11.1 Å². The number of nitrogens with zero attached hydrogens (tertiary/aromatic N) is 2. The molecule has 180 valence electrons. The van der Waals surface area contributed by atoms with Crippen molar-refractivity contribution in [3.05, 3.63) is 107 Å². The standard InChI is InChI=1S/C29H26N4O3/c1-2-26(34)20-10-8-19(9-11-20)23-6-3-4-7-25(23)29(36)32-22-12-13-24-21(16-22)17-30-28(24)27(35)18-33-15-5-14-31-33/h3-16,28,30H,2,17-18H2,1H3,(H,32,36).